The number of anilines is 1. The van der Waals surface area contributed by atoms with Gasteiger partial charge in [0.25, 0.3) is 15.9 Å². The van der Waals surface area contributed by atoms with E-state index in [1.54, 1.807) is 41.0 Å². The van der Waals surface area contributed by atoms with Crippen molar-refractivity contribution in [3.8, 4) is 0 Å². The first-order valence-electron chi connectivity index (χ1n) is 7.93. The Morgan fingerprint density at radius 1 is 1.35 bits per heavy atom. The average Bonchev–Trinajstić information content (AvgIpc) is 2.87. The molecule has 1 N–H and O–H groups in total. The molecule has 0 radical (unpaired) electrons. The molecule has 0 aromatic carbocycles. The van der Waals surface area contributed by atoms with Crippen LogP contribution in [0.25, 0.3) is 11.0 Å². The number of allylic oxidation sites excluding steroid dienone is 2. The zero-order valence-electron chi connectivity index (χ0n) is 14.2. The van der Waals surface area contributed by atoms with Gasteiger partial charge in [-0.15, -0.1) is 4.40 Å². The molecule has 10 heteroatoms. The van der Waals surface area contributed by atoms with Gasteiger partial charge in [0.15, 0.2) is 11.5 Å². The number of amidine groups is 1. The van der Waals surface area contributed by atoms with Crippen molar-refractivity contribution in [2.45, 2.75) is 6.92 Å². The van der Waals surface area contributed by atoms with E-state index < -0.39 is 15.9 Å². The number of nitrogens with one attached hydrogen (secondary N) is 1. The van der Waals surface area contributed by atoms with E-state index in [1.165, 1.54) is 6.20 Å². The number of pyridine rings is 1. The Balaban J connectivity index is 1.66. The van der Waals surface area contributed by atoms with Crippen molar-refractivity contribution in [3.05, 3.63) is 41.9 Å². The van der Waals surface area contributed by atoms with Gasteiger partial charge in [-0.25, -0.2) is 13.4 Å². The minimum Gasteiger partial charge on any atom is -0.331 e. The molecule has 26 heavy (non-hydrogen) atoms. The summed E-state index contributed by atoms with van der Waals surface area (Å²) in [5.41, 5.74) is 2.22. The van der Waals surface area contributed by atoms with Crippen LogP contribution < -0.4 is 5.32 Å². The second-order valence-corrected chi connectivity index (χ2v) is 7.83. The number of carbonyl (C=O) groups is 1. The molecule has 1 amide bonds. The molecule has 0 spiro atoms. The van der Waals surface area contributed by atoms with Gasteiger partial charge in [0.05, 0.1) is 28.9 Å². The van der Waals surface area contributed by atoms with Gasteiger partial charge in [0, 0.05) is 25.2 Å². The van der Waals surface area contributed by atoms with Gasteiger partial charge in [-0.1, -0.05) is 0 Å². The van der Waals surface area contributed by atoms with Gasteiger partial charge in [0.1, 0.15) is 0 Å². The van der Waals surface area contributed by atoms with E-state index in [1.807, 2.05) is 6.92 Å². The fraction of sp³-hybridized carbons (Fsp3) is 0.250. The highest BCUT2D eigenvalue weighted by Crippen LogP contribution is 2.22. The molecule has 0 atom stereocenters. The lowest BCUT2D eigenvalue weighted by atomic mass is 10.1. The predicted molar refractivity (Wildman–Crippen MR) is 97.0 cm³/mol. The van der Waals surface area contributed by atoms with Crippen LogP contribution in [0.1, 0.15) is 5.69 Å². The van der Waals surface area contributed by atoms with E-state index >= 15 is 0 Å². The Labute approximate surface area is 149 Å². The van der Waals surface area contributed by atoms with E-state index in [-0.39, 0.29) is 23.7 Å². The lowest BCUT2D eigenvalue weighted by Crippen LogP contribution is -2.40. The number of hydrogen-bond donors (Lipinski definition) is 1. The number of aryl methyl sites for hydroxylation is 2. The molecule has 2 aromatic rings. The summed E-state index contributed by atoms with van der Waals surface area (Å²) in [6.45, 7) is 2.13. The van der Waals surface area contributed by atoms with Gasteiger partial charge >= 0.3 is 0 Å². The molecule has 4 heterocycles. The summed E-state index contributed by atoms with van der Waals surface area (Å²) in [4.78, 5) is 18.7. The summed E-state index contributed by atoms with van der Waals surface area (Å²) in [5, 5.41) is 7.89. The number of amides is 1. The molecular formula is C16H16N6O3S. The number of sulfonamides is 1. The molecule has 0 unspecified atom stereocenters. The molecular weight excluding hydrogens is 356 g/mol. The topological polar surface area (TPSA) is 110 Å². The van der Waals surface area contributed by atoms with Crippen molar-refractivity contribution in [3.63, 3.8) is 0 Å². The Morgan fingerprint density at radius 2 is 2.15 bits per heavy atom. The highest BCUT2D eigenvalue weighted by Gasteiger charge is 2.30. The summed E-state index contributed by atoms with van der Waals surface area (Å²) in [6, 6.07) is 1.79. The molecule has 4 rings (SSSR count). The molecule has 0 aliphatic carbocycles. The quantitative estimate of drug-likeness (QED) is 0.832. The van der Waals surface area contributed by atoms with E-state index in [2.05, 4.69) is 19.8 Å². The summed E-state index contributed by atoms with van der Waals surface area (Å²) < 4.78 is 29.0. The van der Waals surface area contributed by atoms with Gasteiger partial charge < -0.3 is 10.2 Å². The zero-order chi connectivity index (χ0) is 18.5. The fourth-order valence-corrected chi connectivity index (χ4v) is 3.95. The molecule has 0 saturated carbocycles. The maximum atomic E-state index is 12.7. The Kier molecular flexibility index (Phi) is 3.65. The molecule has 2 aromatic heterocycles. The summed E-state index contributed by atoms with van der Waals surface area (Å²) in [5.74, 6) is -0.378. The minimum absolute atomic E-state index is 0.0728. The minimum atomic E-state index is -3.56. The summed E-state index contributed by atoms with van der Waals surface area (Å²) in [7, 11) is -1.75. The largest absolute Gasteiger partial charge is 0.331 e. The summed E-state index contributed by atoms with van der Waals surface area (Å²) in [6.07, 6.45) is 6.49. The highest BCUT2D eigenvalue weighted by atomic mass is 32.2. The number of rotatable bonds is 2. The normalized spacial score (nSPS) is 18.3. The lowest BCUT2D eigenvalue weighted by Gasteiger charge is -2.28. The van der Waals surface area contributed by atoms with Crippen molar-refractivity contribution in [1.29, 1.82) is 0 Å². The second kappa shape index (κ2) is 5.77. The monoisotopic (exact) mass is 372 g/mol. The van der Waals surface area contributed by atoms with Crippen molar-refractivity contribution in [2.75, 3.05) is 17.6 Å². The standard InChI is InChI=1S/C16H16N6O3S/c1-10-13-8-11(9-17-14(13)21(2)19-10)18-16(23)12-4-3-5-22-6-7-26(24,25)20-15(12)22/h3-5,8-9H,6-7H2,1-2H3,(H,18,23). The second-order valence-electron chi connectivity index (χ2n) is 6.07. The van der Waals surface area contributed by atoms with Crippen molar-refractivity contribution in [1.82, 2.24) is 19.7 Å². The Morgan fingerprint density at radius 3 is 2.96 bits per heavy atom. The zero-order valence-corrected chi connectivity index (χ0v) is 15.0. The molecule has 9 nitrogen and oxygen atoms in total. The first-order valence-corrected chi connectivity index (χ1v) is 9.54. The molecule has 134 valence electrons. The predicted octanol–water partition coefficient (Wildman–Crippen LogP) is 0.713. The number of hydrogen-bond acceptors (Lipinski definition) is 6. The smallest absolute Gasteiger partial charge is 0.259 e. The lowest BCUT2D eigenvalue weighted by molar-refractivity contribution is -0.112. The first kappa shape index (κ1) is 16.5. The van der Waals surface area contributed by atoms with Crippen LogP contribution in [0.5, 0.6) is 0 Å². The Bertz CT molecular complexity index is 1130. The van der Waals surface area contributed by atoms with Gasteiger partial charge in [-0.2, -0.15) is 5.10 Å². The first-order chi connectivity index (χ1) is 12.3. The third-order valence-corrected chi connectivity index (χ3v) is 5.37. The third-order valence-electron chi connectivity index (χ3n) is 4.22. The third kappa shape index (κ3) is 2.77. The molecule has 2 aliphatic rings. The summed E-state index contributed by atoms with van der Waals surface area (Å²) >= 11 is 0. The van der Waals surface area contributed by atoms with Crippen LogP contribution in [0, 0.1) is 6.92 Å². The fourth-order valence-electron chi connectivity index (χ4n) is 2.97. The van der Waals surface area contributed by atoms with Crippen molar-refractivity contribution in [2.24, 2.45) is 11.4 Å². The van der Waals surface area contributed by atoms with Gasteiger partial charge in [-0.05, 0) is 25.1 Å². The van der Waals surface area contributed by atoms with E-state index in [0.717, 1.165) is 11.1 Å². The van der Waals surface area contributed by atoms with Crippen LogP contribution in [0.15, 0.2) is 40.6 Å². The van der Waals surface area contributed by atoms with Crippen LogP contribution in [-0.4, -0.2) is 52.1 Å². The van der Waals surface area contributed by atoms with Crippen molar-refractivity contribution >= 4 is 38.5 Å². The molecule has 2 aliphatic heterocycles. The number of nitrogens with zero attached hydrogens (tertiary/aromatic N) is 5. The van der Waals surface area contributed by atoms with E-state index in [9.17, 15) is 13.2 Å². The Hall–Kier alpha value is -3.01. The molecule has 0 saturated heterocycles. The average molecular weight is 372 g/mol. The number of carbonyl (C=O) groups excluding carboxylic acids is 1. The van der Waals surface area contributed by atoms with Crippen LogP contribution in [0.2, 0.25) is 0 Å². The van der Waals surface area contributed by atoms with Crippen LogP contribution >= 0.6 is 0 Å². The van der Waals surface area contributed by atoms with Crippen LogP contribution in [0.3, 0.4) is 0 Å². The van der Waals surface area contributed by atoms with Crippen LogP contribution in [0.4, 0.5) is 5.69 Å². The SMILES string of the molecule is Cc1nn(C)c2ncc(NC(=O)C3=CC=CN4CCS(=O)(=O)N=C34)cc12. The maximum Gasteiger partial charge on any atom is 0.259 e. The highest BCUT2D eigenvalue weighted by molar-refractivity contribution is 7.90. The number of aromatic nitrogens is 3. The van der Waals surface area contributed by atoms with Gasteiger partial charge in [0.2, 0.25) is 0 Å². The van der Waals surface area contributed by atoms with Crippen LogP contribution in [-0.2, 0) is 21.9 Å². The maximum absolute atomic E-state index is 12.7. The number of fused-ring (bicyclic) bond motifs is 2. The van der Waals surface area contributed by atoms with E-state index in [0.29, 0.717) is 11.3 Å². The molecule has 0 bridgehead atoms. The van der Waals surface area contributed by atoms with Crippen molar-refractivity contribution < 1.29 is 13.2 Å². The van der Waals surface area contributed by atoms with E-state index in [4.69, 9.17) is 0 Å². The van der Waals surface area contributed by atoms with Gasteiger partial charge in [-0.3, -0.25) is 9.48 Å². The molecule has 0 fully saturated rings.